The summed E-state index contributed by atoms with van der Waals surface area (Å²) < 4.78 is 19.9. The van der Waals surface area contributed by atoms with Gasteiger partial charge in [0, 0.05) is 6.54 Å². The van der Waals surface area contributed by atoms with Gasteiger partial charge in [0.15, 0.2) is 0 Å². The Bertz CT molecular complexity index is 453. The van der Waals surface area contributed by atoms with Crippen molar-refractivity contribution >= 4 is 18.0 Å². The van der Waals surface area contributed by atoms with Gasteiger partial charge in [0.05, 0.1) is 52.6 Å². The maximum atomic E-state index is 11.6. The van der Waals surface area contributed by atoms with Crippen LogP contribution >= 0.6 is 0 Å². The van der Waals surface area contributed by atoms with Crippen LogP contribution in [0.15, 0.2) is 0 Å². The number of esters is 1. The number of hydrogen-bond donors (Lipinski definition) is 3. The Labute approximate surface area is 159 Å². The molecule has 0 bridgehead atoms. The summed E-state index contributed by atoms with van der Waals surface area (Å²) in [7, 11) is 1.23. The van der Waals surface area contributed by atoms with Crippen molar-refractivity contribution in [2.45, 2.75) is 38.8 Å². The van der Waals surface area contributed by atoms with Crippen LogP contribution < -0.4 is 16.5 Å². The molecule has 0 heterocycles. The Morgan fingerprint density at radius 3 is 2.19 bits per heavy atom. The molecule has 0 radical (unpaired) electrons. The minimum atomic E-state index is -0.949. The van der Waals surface area contributed by atoms with Gasteiger partial charge in [-0.3, -0.25) is 14.4 Å². The SMILES string of the molecule is COC(=O)C[C@H](N)C(=O)NCCOCCOCCONC(=O)OC(C)(C)C. The standard InChI is InChI=1S/C16H31N3O8/c1-16(2,3)27-15(22)19-26-10-9-25-8-7-24-6-5-18-14(21)12(17)11-13(20)23-4/h12H,5-11,17H2,1-4H3,(H,18,21)(H,19,22)/t12-/m0/s1. The minimum absolute atomic E-state index is 0.160. The molecule has 0 fully saturated rings. The molecule has 0 unspecified atom stereocenters. The number of carbonyl (C=O) groups is 3. The Kier molecular flexibility index (Phi) is 13.1. The predicted octanol–water partition coefficient (Wildman–Crippen LogP) is -0.517. The van der Waals surface area contributed by atoms with E-state index in [4.69, 9.17) is 24.8 Å². The predicted molar refractivity (Wildman–Crippen MR) is 94.6 cm³/mol. The number of carbonyl (C=O) groups excluding carboxylic acids is 3. The maximum Gasteiger partial charge on any atom is 0.431 e. The van der Waals surface area contributed by atoms with E-state index in [2.05, 4.69) is 15.5 Å². The van der Waals surface area contributed by atoms with Crippen molar-refractivity contribution in [1.82, 2.24) is 10.8 Å². The highest BCUT2D eigenvalue weighted by Crippen LogP contribution is 2.06. The third-order valence-electron chi connectivity index (χ3n) is 2.75. The van der Waals surface area contributed by atoms with Crippen LogP contribution in [0.25, 0.3) is 0 Å². The lowest BCUT2D eigenvalue weighted by Crippen LogP contribution is -2.43. The van der Waals surface area contributed by atoms with E-state index >= 15 is 0 Å². The number of ether oxygens (including phenoxy) is 4. The van der Waals surface area contributed by atoms with E-state index in [1.165, 1.54) is 7.11 Å². The lowest BCUT2D eigenvalue weighted by atomic mass is 10.2. The summed E-state index contributed by atoms with van der Waals surface area (Å²) in [6.07, 6.45) is -0.846. The summed E-state index contributed by atoms with van der Waals surface area (Å²) in [6.45, 7) is 6.85. The van der Waals surface area contributed by atoms with Gasteiger partial charge in [-0.2, -0.15) is 5.48 Å². The molecule has 0 aromatic rings. The zero-order valence-corrected chi connectivity index (χ0v) is 16.4. The van der Waals surface area contributed by atoms with Crippen LogP contribution in [-0.2, 0) is 33.4 Å². The molecule has 158 valence electrons. The molecule has 0 spiro atoms. The number of nitrogens with two attached hydrogens (primary N) is 1. The molecular weight excluding hydrogens is 362 g/mol. The normalized spacial score (nSPS) is 12.2. The van der Waals surface area contributed by atoms with Crippen LogP contribution in [0.2, 0.25) is 0 Å². The average molecular weight is 393 g/mol. The summed E-state index contributed by atoms with van der Waals surface area (Å²) in [6, 6.07) is -0.949. The van der Waals surface area contributed by atoms with Gasteiger partial charge in [-0.1, -0.05) is 0 Å². The molecule has 0 saturated heterocycles. The summed E-state index contributed by atoms with van der Waals surface area (Å²) in [4.78, 5) is 38.7. The van der Waals surface area contributed by atoms with Gasteiger partial charge in [0.1, 0.15) is 5.60 Å². The van der Waals surface area contributed by atoms with Gasteiger partial charge in [-0.05, 0) is 20.8 Å². The fraction of sp³-hybridized carbons (Fsp3) is 0.812. The molecular formula is C16H31N3O8. The summed E-state index contributed by atoms with van der Waals surface area (Å²) in [5, 5.41) is 2.55. The highest BCUT2D eigenvalue weighted by atomic mass is 16.7. The number of hydrogen-bond acceptors (Lipinski definition) is 9. The summed E-state index contributed by atoms with van der Waals surface area (Å²) in [5.41, 5.74) is 7.09. The Balaban J connectivity index is 3.44. The van der Waals surface area contributed by atoms with E-state index in [9.17, 15) is 14.4 Å². The second-order valence-electron chi connectivity index (χ2n) is 6.35. The topological polar surface area (TPSA) is 147 Å². The second kappa shape index (κ2) is 14.2. The van der Waals surface area contributed by atoms with Crippen molar-refractivity contribution in [3.63, 3.8) is 0 Å². The smallest absolute Gasteiger partial charge is 0.431 e. The molecule has 4 N–H and O–H groups in total. The van der Waals surface area contributed by atoms with Crippen molar-refractivity contribution in [2.75, 3.05) is 46.7 Å². The van der Waals surface area contributed by atoms with Crippen LogP contribution in [0.4, 0.5) is 4.79 Å². The Morgan fingerprint density at radius 1 is 1.00 bits per heavy atom. The van der Waals surface area contributed by atoms with Crippen LogP contribution in [-0.4, -0.2) is 76.3 Å². The second-order valence-corrected chi connectivity index (χ2v) is 6.35. The molecule has 0 saturated carbocycles. The zero-order chi connectivity index (χ0) is 20.7. The van der Waals surface area contributed by atoms with Gasteiger partial charge in [0.2, 0.25) is 5.91 Å². The highest BCUT2D eigenvalue weighted by Gasteiger charge is 2.17. The van der Waals surface area contributed by atoms with Crippen molar-refractivity contribution in [3.8, 4) is 0 Å². The zero-order valence-electron chi connectivity index (χ0n) is 16.4. The average Bonchev–Trinajstić information content (AvgIpc) is 2.57. The molecule has 0 aromatic heterocycles. The lowest BCUT2D eigenvalue weighted by molar-refractivity contribution is -0.142. The first-order valence-corrected chi connectivity index (χ1v) is 8.52. The monoisotopic (exact) mass is 393 g/mol. The molecule has 11 heteroatoms. The van der Waals surface area contributed by atoms with Crippen molar-refractivity contribution in [1.29, 1.82) is 0 Å². The van der Waals surface area contributed by atoms with E-state index in [0.29, 0.717) is 13.2 Å². The molecule has 27 heavy (non-hydrogen) atoms. The summed E-state index contributed by atoms with van der Waals surface area (Å²) >= 11 is 0. The van der Waals surface area contributed by atoms with Crippen molar-refractivity contribution < 1.29 is 38.2 Å². The van der Waals surface area contributed by atoms with E-state index in [1.54, 1.807) is 20.8 Å². The fourth-order valence-electron chi connectivity index (χ4n) is 1.56. The molecule has 1 atom stereocenters. The third kappa shape index (κ3) is 16.0. The number of methoxy groups -OCH3 is 1. The molecule has 0 aliphatic carbocycles. The van der Waals surface area contributed by atoms with Gasteiger partial charge < -0.3 is 30.0 Å². The molecule has 11 nitrogen and oxygen atoms in total. The number of hydroxylamine groups is 1. The first-order valence-electron chi connectivity index (χ1n) is 8.52. The first kappa shape index (κ1) is 25.1. The first-order chi connectivity index (χ1) is 12.7. The van der Waals surface area contributed by atoms with Crippen LogP contribution in [0, 0.1) is 0 Å². The van der Waals surface area contributed by atoms with Crippen LogP contribution in [0.1, 0.15) is 27.2 Å². The van der Waals surface area contributed by atoms with Gasteiger partial charge in [-0.15, -0.1) is 0 Å². The molecule has 0 aliphatic rings. The quantitative estimate of drug-likeness (QED) is 0.214. The number of rotatable bonds is 13. The summed E-state index contributed by atoms with van der Waals surface area (Å²) in [5.74, 6) is -0.994. The van der Waals surface area contributed by atoms with E-state index in [-0.39, 0.29) is 32.8 Å². The van der Waals surface area contributed by atoms with Crippen LogP contribution in [0.3, 0.4) is 0 Å². The fourth-order valence-corrected chi connectivity index (χ4v) is 1.56. The molecule has 0 aromatic carbocycles. The van der Waals surface area contributed by atoms with Crippen LogP contribution in [0.5, 0.6) is 0 Å². The highest BCUT2D eigenvalue weighted by molar-refractivity contribution is 5.86. The minimum Gasteiger partial charge on any atom is -0.469 e. The van der Waals surface area contributed by atoms with Crippen molar-refractivity contribution in [2.24, 2.45) is 5.73 Å². The largest absolute Gasteiger partial charge is 0.469 e. The van der Waals surface area contributed by atoms with E-state index in [0.717, 1.165) is 0 Å². The van der Waals surface area contributed by atoms with Crippen molar-refractivity contribution in [3.05, 3.63) is 0 Å². The Hall–Kier alpha value is -1.95. The van der Waals surface area contributed by atoms with Gasteiger partial charge in [0.25, 0.3) is 0 Å². The van der Waals surface area contributed by atoms with Gasteiger partial charge in [-0.25, -0.2) is 4.79 Å². The Morgan fingerprint density at radius 2 is 1.59 bits per heavy atom. The third-order valence-corrected chi connectivity index (χ3v) is 2.75. The maximum absolute atomic E-state index is 11.6. The molecule has 0 aliphatic heterocycles. The van der Waals surface area contributed by atoms with Gasteiger partial charge >= 0.3 is 12.1 Å². The van der Waals surface area contributed by atoms with E-state index < -0.39 is 29.6 Å². The lowest BCUT2D eigenvalue weighted by Gasteiger charge is -2.19. The molecule has 0 rings (SSSR count). The number of amides is 2. The van der Waals surface area contributed by atoms with E-state index in [1.807, 2.05) is 0 Å². The number of nitrogens with one attached hydrogen (secondary N) is 2. The molecule has 2 amide bonds.